The van der Waals surface area contributed by atoms with Crippen molar-refractivity contribution in [1.82, 2.24) is 20.1 Å². The Morgan fingerprint density at radius 3 is 2.82 bits per heavy atom. The second kappa shape index (κ2) is 10.7. The molecule has 0 saturated heterocycles. The Morgan fingerprint density at radius 1 is 1.32 bits per heavy atom. The fourth-order valence-corrected chi connectivity index (χ4v) is 5.48. The fourth-order valence-electron chi connectivity index (χ4n) is 3.59. The molecule has 152 valence electrons. The van der Waals surface area contributed by atoms with E-state index in [1.165, 1.54) is 31.2 Å². The zero-order valence-electron chi connectivity index (χ0n) is 16.4. The highest BCUT2D eigenvalue weighted by Crippen LogP contribution is 2.33. The Balaban J connectivity index is 1.43. The van der Waals surface area contributed by atoms with Crippen LogP contribution in [-0.2, 0) is 11.2 Å². The van der Waals surface area contributed by atoms with Crippen molar-refractivity contribution in [3.05, 3.63) is 34.1 Å². The van der Waals surface area contributed by atoms with Crippen molar-refractivity contribution in [2.75, 3.05) is 18.6 Å². The summed E-state index contributed by atoms with van der Waals surface area (Å²) < 4.78 is 3.40. The van der Waals surface area contributed by atoms with Gasteiger partial charge < -0.3 is 9.88 Å². The molecule has 0 aliphatic heterocycles. The van der Waals surface area contributed by atoms with Crippen molar-refractivity contribution in [2.24, 2.45) is 0 Å². The number of rotatable bonds is 9. The summed E-state index contributed by atoms with van der Waals surface area (Å²) in [5, 5.41) is 12.8. The van der Waals surface area contributed by atoms with Crippen molar-refractivity contribution >= 4 is 45.4 Å². The lowest BCUT2D eigenvalue weighted by Crippen LogP contribution is -2.26. The van der Waals surface area contributed by atoms with E-state index in [-0.39, 0.29) is 5.91 Å². The first-order valence-corrected chi connectivity index (χ1v) is 12.7. The highest BCUT2D eigenvalue weighted by atomic mass is 79.9. The van der Waals surface area contributed by atoms with E-state index in [1.807, 2.05) is 6.07 Å². The molecule has 1 amide bonds. The molecular formula is C20H27BrN4OS2. The van der Waals surface area contributed by atoms with Crippen LogP contribution in [0, 0.1) is 6.92 Å². The molecule has 3 rings (SSSR count). The molecule has 0 radical (unpaired) electrons. The van der Waals surface area contributed by atoms with Crippen LogP contribution in [0.5, 0.6) is 0 Å². The summed E-state index contributed by atoms with van der Waals surface area (Å²) in [6.45, 7) is 2.74. The maximum Gasteiger partial charge on any atom is 0.230 e. The second-order valence-corrected chi connectivity index (χ2v) is 9.77. The van der Waals surface area contributed by atoms with Gasteiger partial charge in [-0.1, -0.05) is 40.5 Å². The molecular weight excluding hydrogens is 456 g/mol. The Morgan fingerprint density at radius 2 is 2.11 bits per heavy atom. The SMILES string of the molecule is CSc1nnc(CCCNC(=O)CSc2ccc(Br)cc2C)n1C1CCCC1. The van der Waals surface area contributed by atoms with Crippen molar-refractivity contribution in [1.29, 1.82) is 0 Å². The lowest BCUT2D eigenvalue weighted by Gasteiger charge is -2.16. The smallest absolute Gasteiger partial charge is 0.230 e. The third kappa shape index (κ3) is 5.76. The first-order valence-electron chi connectivity index (χ1n) is 9.72. The van der Waals surface area contributed by atoms with Crippen LogP contribution in [0.15, 0.2) is 32.7 Å². The van der Waals surface area contributed by atoms with E-state index in [9.17, 15) is 4.79 Å². The van der Waals surface area contributed by atoms with E-state index in [1.54, 1.807) is 23.5 Å². The Kier molecular flexibility index (Phi) is 8.29. The molecule has 0 unspecified atom stereocenters. The molecule has 28 heavy (non-hydrogen) atoms. The fraction of sp³-hybridized carbons (Fsp3) is 0.550. The normalized spacial score (nSPS) is 14.5. The summed E-state index contributed by atoms with van der Waals surface area (Å²) in [6, 6.07) is 6.68. The van der Waals surface area contributed by atoms with E-state index in [4.69, 9.17) is 0 Å². The number of amides is 1. The number of hydrogen-bond donors (Lipinski definition) is 1. The van der Waals surface area contributed by atoms with Crippen molar-refractivity contribution in [3.8, 4) is 0 Å². The molecule has 1 aliphatic carbocycles. The Hall–Kier alpha value is -0.990. The van der Waals surface area contributed by atoms with Crippen molar-refractivity contribution < 1.29 is 4.79 Å². The van der Waals surface area contributed by atoms with Crippen molar-refractivity contribution in [3.63, 3.8) is 0 Å². The van der Waals surface area contributed by atoms with Crippen LogP contribution in [0.4, 0.5) is 0 Å². The largest absolute Gasteiger partial charge is 0.355 e. The number of aromatic nitrogens is 3. The topological polar surface area (TPSA) is 59.8 Å². The number of nitrogens with one attached hydrogen (secondary N) is 1. The van der Waals surface area contributed by atoms with Gasteiger partial charge in [0.15, 0.2) is 5.16 Å². The van der Waals surface area contributed by atoms with Gasteiger partial charge in [0.2, 0.25) is 5.91 Å². The van der Waals surface area contributed by atoms with Crippen LogP contribution in [-0.4, -0.2) is 39.2 Å². The molecule has 1 aliphatic rings. The van der Waals surface area contributed by atoms with Crippen LogP contribution in [0.25, 0.3) is 0 Å². The first kappa shape index (κ1) is 21.7. The minimum atomic E-state index is 0.0781. The van der Waals surface area contributed by atoms with E-state index in [2.05, 4.69) is 61.3 Å². The lowest BCUT2D eigenvalue weighted by atomic mass is 10.2. The van der Waals surface area contributed by atoms with E-state index < -0.39 is 0 Å². The van der Waals surface area contributed by atoms with Gasteiger partial charge in [-0.25, -0.2) is 0 Å². The van der Waals surface area contributed by atoms with Gasteiger partial charge >= 0.3 is 0 Å². The molecule has 0 bridgehead atoms. The standard InChI is InChI=1S/C20H27BrN4OS2/c1-14-12-15(21)9-10-17(14)28-13-19(26)22-11-5-8-18-23-24-20(27-2)25(18)16-6-3-4-7-16/h9-10,12,16H,3-8,11,13H2,1-2H3,(H,22,26). The summed E-state index contributed by atoms with van der Waals surface area (Å²) in [7, 11) is 0. The van der Waals surface area contributed by atoms with Crippen LogP contribution >= 0.6 is 39.5 Å². The molecule has 5 nitrogen and oxygen atoms in total. The van der Waals surface area contributed by atoms with Gasteiger partial charge in [-0.2, -0.15) is 0 Å². The molecule has 8 heteroatoms. The van der Waals surface area contributed by atoms with Gasteiger partial charge in [0.1, 0.15) is 5.82 Å². The molecule has 1 fully saturated rings. The van der Waals surface area contributed by atoms with Crippen molar-refractivity contribution in [2.45, 2.75) is 61.5 Å². The van der Waals surface area contributed by atoms with Gasteiger partial charge in [-0.05, 0) is 56.2 Å². The maximum absolute atomic E-state index is 12.2. The highest BCUT2D eigenvalue weighted by Gasteiger charge is 2.23. The summed E-state index contributed by atoms with van der Waals surface area (Å²) in [6.07, 6.45) is 8.83. The predicted molar refractivity (Wildman–Crippen MR) is 120 cm³/mol. The summed E-state index contributed by atoms with van der Waals surface area (Å²) in [4.78, 5) is 13.3. The third-order valence-electron chi connectivity index (χ3n) is 5.00. The molecule has 1 saturated carbocycles. The van der Waals surface area contributed by atoms with E-state index in [0.717, 1.165) is 33.2 Å². The molecule has 2 aromatic rings. The molecule has 1 heterocycles. The van der Waals surface area contributed by atoms with Gasteiger partial charge in [0.25, 0.3) is 0 Å². The average molecular weight is 484 g/mol. The van der Waals surface area contributed by atoms with Crippen LogP contribution < -0.4 is 5.32 Å². The number of benzene rings is 1. The quantitative estimate of drug-likeness (QED) is 0.401. The number of hydrogen-bond acceptors (Lipinski definition) is 5. The lowest BCUT2D eigenvalue weighted by molar-refractivity contribution is -0.118. The predicted octanol–water partition coefficient (Wildman–Crippen LogP) is 5.03. The molecule has 1 aromatic heterocycles. The van der Waals surface area contributed by atoms with Gasteiger partial charge in [-0.15, -0.1) is 22.0 Å². The number of carbonyl (C=O) groups is 1. The van der Waals surface area contributed by atoms with Crippen LogP contribution in [0.3, 0.4) is 0 Å². The number of aryl methyl sites for hydroxylation is 2. The number of carbonyl (C=O) groups excluding carboxylic acids is 1. The zero-order chi connectivity index (χ0) is 19.9. The molecule has 0 atom stereocenters. The van der Waals surface area contributed by atoms with Gasteiger partial charge in [-0.3, -0.25) is 4.79 Å². The minimum Gasteiger partial charge on any atom is -0.355 e. The Labute approximate surface area is 184 Å². The number of thioether (sulfide) groups is 2. The van der Waals surface area contributed by atoms with Crippen LogP contribution in [0.2, 0.25) is 0 Å². The maximum atomic E-state index is 12.2. The average Bonchev–Trinajstić information content (AvgIpc) is 3.33. The minimum absolute atomic E-state index is 0.0781. The zero-order valence-corrected chi connectivity index (χ0v) is 19.6. The first-order chi connectivity index (χ1) is 13.6. The summed E-state index contributed by atoms with van der Waals surface area (Å²) in [5.41, 5.74) is 1.18. The number of halogens is 1. The highest BCUT2D eigenvalue weighted by molar-refractivity contribution is 9.10. The summed E-state index contributed by atoms with van der Waals surface area (Å²) >= 11 is 6.72. The monoisotopic (exact) mass is 482 g/mol. The molecule has 0 spiro atoms. The molecule has 1 aromatic carbocycles. The second-order valence-electron chi connectivity index (χ2n) is 7.06. The molecule has 1 N–H and O–H groups in total. The van der Waals surface area contributed by atoms with Crippen LogP contribution in [0.1, 0.15) is 49.5 Å². The Bertz CT molecular complexity index is 805. The number of nitrogens with zero attached hydrogens (tertiary/aromatic N) is 3. The van der Waals surface area contributed by atoms with Gasteiger partial charge in [0, 0.05) is 28.4 Å². The van der Waals surface area contributed by atoms with E-state index in [0.29, 0.717) is 18.3 Å². The van der Waals surface area contributed by atoms with Gasteiger partial charge in [0.05, 0.1) is 5.75 Å². The summed E-state index contributed by atoms with van der Waals surface area (Å²) in [5.74, 6) is 1.58. The third-order valence-corrected chi connectivity index (χ3v) is 7.31. The van der Waals surface area contributed by atoms with E-state index >= 15 is 0 Å².